The Labute approximate surface area is 139 Å². The summed E-state index contributed by atoms with van der Waals surface area (Å²) in [6, 6.07) is 16.3. The number of nitrogens with one attached hydrogen (secondary N) is 1. The molecule has 2 aromatic rings. The Morgan fingerprint density at radius 2 is 2.00 bits per heavy atom. The SMILES string of the molecule is CN(Cc1cccc(Br)c1)C(=O)C1Cc2ccccc2CN1. The van der Waals surface area contributed by atoms with Crippen LogP contribution in [0, 0.1) is 0 Å². The molecule has 4 heteroatoms. The zero-order chi connectivity index (χ0) is 15.5. The normalized spacial score (nSPS) is 16.9. The lowest BCUT2D eigenvalue weighted by Gasteiger charge is -2.29. The minimum absolute atomic E-state index is 0.132. The van der Waals surface area contributed by atoms with E-state index in [4.69, 9.17) is 0 Å². The van der Waals surface area contributed by atoms with E-state index in [1.165, 1.54) is 11.1 Å². The van der Waals surface area contributed by atoms with E-state index in [2.05, 4.69) is 33.4 Å². The van der Waals surface area contributed by atoms with Crippen LogP contribution in [0.15, 0.2) is 53.0 Å². The summed E-state index contributed by atoms with van der Waals surface area (Å²) in [5, 5.41) is 3.35. The Morgan fingerprint density at radius 3 is 2.77 bits per heavy atom. The first-order valence-corrected chi connectivity index (χ1v) is 8.22. The Hall–Kier alpha value is -1.65. The van der Waals surface area contributed by atoms with E-state index in [0.29, 0.717) is 6.54 Å². The number of nitrogens with zero attached hydrogens (tertiary/aromatic N) is 1. The van der Waals surface area contributed by atoms with Gasteiger partial charge in [-0.05, 0) is 35.2 Å². The van der Waals surface area contributed by atoms with Gasteiger partial charge in [0, 0.05) is 24.6 Å². The van der Waals surface area contributed by atoms with Gasteiger partial charge in [-0.25, -0.2) is 0 Å². The van der Waals surface area contributed by atoms with E-state index in [1.54, 1.807) is 4.90 Å². The molecular weight excluding hydrogens is 340 g/mol. The second kappa shape index (κ2) is 6.63. The number of amides is 1. The molecule has 0 bridgehead atoms. The van der Waals surface area contributed by atoms with Gasteiger partial charge in [0.15, 0.2) is 0 Å². The van der Waals surface area contributed by atoms with E-state index in [-0.39, 0.29) is 11.9 Å². The largest absolute Gasteiger partial charge is 0.340 e. The van der Waals surface area contributed by atoms with Gasteiger partial charge in [0.05, 0.1) is 6.04 Å². The molecule has 114 valence electrons. The van der Waals surface area contributed by atoms with Gasteiger partial charge in [-0.1, -0.05) is 52.3 Å². The van der Waals surface area contributed by atoms with Crippen molar-refractivity contribution in [1.29, 1.82) is 0 Å². The third kappa shape index (κ3) is 3.39. The van der Waals surface area contributed by atoms with Gasteiger partial charge in [-0.3, -0.25) is 4.79 Å². The summed E-state index contributed by atoms with van der Waals surface area (Å²) in [5.74, 6) is 0.148. The smallest absolute Gasteiger partial charge is 0.240 e. The summed E-state index contributed by atoms with van der Waals surface area (Å²) >= 11 is 3.47. The van der Waals surface area contributed by atoms with Crippen LogP contribution < -0.4 is 5.32 Å². The molecule has 1 atom stereocenters. The second-order valence-electron chi connectivity index (χ2n) is 5.73. The molecule has 22 heavy (non-hydrogen) atoms. The Bertz CT molecular complexity index is 686. The molecule has 0 saturated heterocycles. The minimum atomic E-state index is -0.132. The minimum Gasteiger partial charge on any atom is -0.340 e. The molecule has 1 heterocycles. The maximum atomic E-state index is 12.6. The average Bonchev–Trinajstić information content (AvgIpc) is 2.53. The summed E-state index contributed by atoms with van der Waals surface area (Å²) in [7, 11) is 1.87. The molecule has 0 aliphatic carbocycles. The molecule has 3 rings (SSSR count). The van der Waals surface area contributed by atoms with Gasteiger partial charge in [-0.2, -0.15) is 0 Å². The maximum Gasteiger partial charge on any atom is 0.240 e. The number of hydrogen-bond acceptors (Lipinski definition) is 2. The van der Waals surface area contributed by atoms with Crippen LogP contribution in [0.25, 0.3) is 0 Å². The van der Waals surface area contributed by atoms with Gasteiger partial charge in [0.1, 0.15) is 0 Å². The molecular formula is C18H19BrN2O. The van der Waals surface area contributed by atoms with E-state index < -0.39 is 0 Å². The quantitative estimate of drug-likeness (QED) is 0.913. The zero-order valence-corrected chi connectivity index (χ0v) is 14.1. The number of carbonyl (C=O) groups excluding carboxylic acids is 1. The summed E-state index contributed by atoms with van der Waals surface area (Å²) < 4.78 is 1.04. The number of likely N-dealkylation sites (N-methyl/N-ethyl adjacent to an activating group) is 1. The van der Waals surface area contributed by atoms with E-state index in [9.17, 15) is 4.79 Å². The van der Waals surface area contributed by atoms with Crippen molar-refractivity contribution in [2.75, 3.05) is 7.05 Å². The van der Waals surface area contributed by atoms with Crippen molar-refractivity contribution < 1.29 is 4.79 Å². The van der Waals surface area contributed by atoms with Crippen LogP contribution in [-0.2, 0) is 24.3 Å². The zero-order valence-electron chi connectivity index (χ0n) is 12.6. The Balaban J connectivity index is 1.67. The molecule has 2 aromatic carbocycles. The summed E-state index contributed by atoms with van der Waals surface area (Å²) in [6.45, 7) is 1.38. The third-order valence-corrected chi connectivity index (χ3v) is 4.56. The fraction of sp³-hybridized carbons (Fsp3) is 0.278. The average molecular weight is 359 g/mol. The highest BCUT2D eigenvalue weighted by atomic mass is 79.9. The first-order chi connectivity index (χ1) is 10.6. The van der Waals surface area contributed by atoms with Crippen molar-refractivity contribution in [2.45, 2.75) is 25.6 Å². The molecule has 0 fully saturated rings. The van der Waals surface area contributed by atoms with Crippen molar-refractivity contribution in [3.8, 4) is 0 Å². The van der Waals surface area contributed by atoms with Crippen LogP contribution in [0.4, 0.5) is 0 Å². The molecule has 1 aliphatic heterocycles. The molecule has 1 amide bonds. The van der Waals surface area contributed by atoms with Gasteiger partial charge >= 0.3 is 0 Å². The lowest BCUT2D eigenvalue weighted by Crippen LogP contribution is -2.48. The van der Waals surface area contributed by atoms with Gasteiger partial charge in [-0.15, -0.1) is 0 Å². The van der Waals surface area contributed by atoms with Crippen molar-refractivity contribution in [2.24, 2.45) is 0 Å². The standard InChI is InChI=1S/C18H19BrN2O/c1-21(12-13-5-4-8-16(19)9-13)18(22)17-10-14-6-2-3-7-15(14)11-20-17/h2-9,17,20H,10-12H2,1H3. The van der Waals surface area contributed by atoms with E-state index >= 15 is 0 Å². The highest BCUT2D eigenvalue weighted by molar-refractivity contribution is 9.10. The molecule has 0 saturated carbocycles. The van der Waals surface area contributed by atoms with Gasteiger partial charge in [0.2, 0.25) is 5.91 Å². The first kappa shape index (κ1) is 15.3. The number of rotatable bonds is 3. The van der Waals surface area contributed by atoms with E-state index in [0.717, 1.165) is 23.0 Å². The number of benzene rings is 2. The molecule has 1 N–H and O–H groups in total. The highest BCUT2D eigenvalue weighted by Crippen LogP contribution is 2.18. The number of hydrogen-bond donors (Lipinski definition) is 1. The predicted octanol–water partition coefficient (Wildman–Crippen LogP) is 3.12. The lowest BCUT2D eigenvalue weighted by molar-refractivity contribution is -0.132. The molecule has 3 nitrogen and oxygen atoms in total. The molecule has 0 aromatic heterocycles. The number of halogens is 1. The topological polar surface area (TPSA) is 32.3 Å². The van der Waals surface area contributed by atoms with Crippen molar-refractivity contribution in [1.82, 2.24) is 10.2 Å². The fourth-order valence-corrected chi connectivity index (χ4v) is 3.33. The van der Waals surface area contributed by atoms with Crippen LogP contribution in [0.2, 0.25) is 0 Å². The highest BCUT2D eigenvalue weighted by Gasteiger charge is 2.26. The Morgan fingerprint density at radius 1 is 1.23 bits per heavy atom. The summed E-state index contributed by atoms with van der Waals surface area (Å²) in [4.78, 5) is 14.4. The molecule has 0 radical (unpaired) electrons. The van der Waals surface area contributed by atoms with Crippen molar-refractivity contribution >= 4 is 21.8 Å². The van der Waals surface area contributed by atoms with Crippen LogP contribution >= 0.6 is 15.9 Å². The van der Waals surface area contributed by atoms with Crippen LogP contribution in [0.3, 0.4) is 0 Å². The van der Waals surface area contributed by atoms with Crippen LogP contribution in [0.5, 0.6) is 0 Å². The number of fused-ring (bicyclic) bond motifs is 1. The maximum absolute atomic E-state index is 12.6. The number of carbonyl (C=O) groups is 1. The summed E-state index contributed by atoms with van der Waals surface area (Å²) in [5.41, 5.74) is 3.69. The molecule has 1 unspecified atom stereocenters. The van der Waals surface area contributed by atoms with Crippen molar-refractivity contribution in [3.05, 3.63) is 69.7 Å². The third-order valence-electron chi connectivity index (χ3n) is 4.06. The van der Waals surface area contributed by atoms with Crippen LogP contribution in [-0.4, -0.2) is 23.9 Å². The van der Waals surface area contributed by atoms with Crippen LogP contribution in [0.1, 0.15) is 16.7 Å². The second-order valence-corrected chi connectivity index (χ2v) is 6.65. The van der Waals surface area contributed by atoms with Gasteiger partial charge in [0.25, 0.3) is 0 Å². The Kier molecular flexibility index (Phi) is 4.60. The molecule has 1 aliphatic rings. The van der Waals surface area contributed by atoms with E-state index in [1.807, 2.05) is 43.4 Å². The lowest BCUT2D eigenvalue weighted by atomic mass is 9.95. The van der Waals surface area contributed by atoms with Gasteiger partial charge < -0.3 is 10.2 Å². The van der Waals surface area contributed by atoms with Crippen molar-refractivity contribution in [3.63, 3.8) is 0 Å². The first-order valence-electron chi connectivity index (χ1n) is 7.43. The predicted molar refractivity (Wildman–Crippen MR) is 91.4 cm³/mol. The monoisotopic (exact) mass is 358 g/mol. The summed E-state index contributed by atoms with van der Waals surface area (Å²) in [6.07, 6.45) is 0.762. The molecule has 0 spiro atoms. The fourth-order valence-electron chi connectivity index (χ4n) is 2.88.